The lowest BCUT2D eigenvalue weighted by molar-refractivity contribution is -0.385. The van der Waals surface area contributed by atoms with Crippen molar-refractivity contribution in [2.45, 2.75) is 6.42 Å². The minimum absolute atomic E-state index is 0.140. The van der Waals surface area contributed by atoms with Crippen LogP contribution in [0.4, 0.5) is 5.69 Å². The van der Waals surface area contributed by atoms with E-state index in [0.29, 0.717) is 23.7 Å². The van der Waals surface area contributed by atoms with E-state index in [0.717, 1.165) is 5.56 Å². The van der Waals surface area contributed by atoms with Gasteiger partial charge < -0.3 is 14.8 Å². The molecule has 8 heteroatoms. The van der Waals surface area contributed by atoms with Gasteiger partial charge in [-0.1, -0.05) is 23.7 Å². The van der Waals surface area contributed by atoms with E-state index < -0.39 is 4.92 Å². The summed E-state index contributed by atoms with van der Waals surface area (Å²) in [6, 6.07) is 11.3. The molecule has 2 aromatic rings. The van der Waals surface area contributed by atoms with Gasteiger partial charge in [0.05, 0.1) is 18.1 Å². The van der Waals surface area contributed by atoms with Crippen LogP contribution in [0.1, 0.15) is 5.56 Å². The van der Waals surface area contributed by atoms with Crippen LogP contribution in [0.3, 0.4) is 0 Å². The number of carbonyl (C=O) groups is 1. The van der Waals surface area contributed by atoms with Crippen molar-refractivity contribution in [1.82, 2.24) is 5.32 Å². The number of nitrogens with one attached hydrogen (secondary N) is 1. The molecular weight excluding hydrogens is 348 g/mol. The molecule has 0 aliphatic rings. The summed E-state index contributed by atoms with van der Waals surface area (Å²) in [4.78, 5) is 22.1. The molecule has 7 nitrogen and oxygen atoms in total. The van der Waals surface area contributed by atoms with Gasteiger partial charge in [-0.2, -0.15) is 0 Å². The lowest BCUT2D eigenvalue weighted by Crippen LogP contribution is -2.30. The number of nitrogens with zero attached hydrogens (tertiary/aromatic N) is 1. The number of benzene rings is 2. The third-order valence-electron chi connectivity index (χ3n) is 3.37. The number of nitro groups is 1. The fourth-order valence-electron chi connectivity index (χ4n) is 2.08. The number of hydrogen-bond donors (Lipinski definition) is 1. The first kappa shape index (κ1) is 18.5. The minimum atomic E-state index is -0.543. The van der Waals surface area contributed by atoms with E-state index in [1.807, 2.05) is 12.1 Å². The number of non-ortho nitro benzene ring substituents is 1. The van der Waals surface area contributed by atoms with E-state index in [1.165, 1.54) is 25.3 Å². The quantitative estimate of drug-likeness (QED) is 0.574. The lowest BCUT2D eigenvalue weighted by Gasteiger charge is -2.10. The third-order valence-corrected chi connectivity index (χ3v) is 3.62. The van der Waals surface area contributed by atoms with Crippen molar-refractivity contribution in [2.75, 3.05) is 20.3 Å². The summed E-state index contributed by atoms with van der Waals surface area (Å²) < 4.78 is 10.4. The highest BCUT2D eigenvalue weighted by atomic mass is 35.5. The van der Waals surface area contributed by atoms with E-state index in [-0.39, 0.29) is 24.0 Å². The molecule has 0 unspecified atom stereocenters. The Balaban J connectivity index is 1.84. The van der Waals surface area contributed by atoms with Crippen LogP contribution in [-0.2, 0) is 11.2 Å². The van der Waals surface area contributed by atoms with Gasteiger partial charge in [-0.25, -0.2) is 0 Å². The van der Waals surface area contributed by atoms with Gasteiger partial charge in [0.2, 0.25) is 0 Å². The number of halogens is 1. The first-order valence-corrected chi connectivity index (χ1v) is 7.84. The summed E-state index contributed by atoms with van der Waals surface area (Å²) in [5.41, 5.74) is 0.907. The summed E-state index contributed by atoms with van der Waals surface area (Å²) in [7, 11) is 1.42. The number of methoxy groups -OCH3 is 1. The number of hydrogen-bond acceptors (Lipinski definition) is 5. The molecular formula is C17H17ClN2O5. The fraction of sp³-hybridized carbons (Fsp3) is 0.235. The van der Waals surface area contributed by atoms with Crippen LogP contribution in [0, 0.1) is 10.1 Å². The fourth-order valence-corrected chi connectivity index (χ4v) is 2.21. The molecule has 1 amide bonds. The minimum Gasteiger partial charge on any atom is -0.493 e. The first-order valence-electron chi connectivity index (χ1n) is 7.46. The zero-order chi connectivity index (χ0) is 18.2. The van der Waals surface area contributed by atoms with Crippen LogP contribution in [0.25, 0.3) is 0 Å². The summed E-state index contributed by atoms with van der Waals surface area (Å²) in [6.07, 6.45) is 0.656. The maximum absolute atomic E-state index is 11.8. The summed E-state index contributed by atoms with van der Waals surface area (Å²) in [5, 5.41) is 14.2. The Kier molecular flexibility index (Phi) is 6.59. The normalized spacial score (nSPS) is 10.2. The smallest absolute Gasteiger partial charge is 0.273 e. The monoisotopic (exact) mass is 364 g/mol. The van der Waals surface area contributed by atoms with Gasteiger partial charge >= 0.3 is 0 Å². The average Bonchev–Trinajstić information content (AvgIpc) is 2.61. The highest BCUT2D eigenvalue weighted by Gasteiger charge is 2.13. The molecule has 0 heterocycles. The molecule has 2 aromatic carbocycles. The Morgan fingerprint density at radius 3 is 2.56 bits per heavy atom. The second-order valence-corrected chi connectivity index (χ2v) is 5.54. The number of ether oxygens (including phenoxy) is 2. The van der Waals surface area contributed by atoms with E-state index in [1.54, 1.807) is 12.1 Å². The van der Waals surface area contributed by atoms with E-state index in [2.05, 4.69) is 5.32 Å². The third kappa shape index (κ3) is 5.65. The second-order valence-electron chi connectivity index (χ2n) is 5.11. The van der Waals surface area contributed by atoms with E-state index in [4.69, 9.17) is 21.1 Å². The predicted octanol–water partition coefficient (Wildman–Crippen LogP) is 2.99. The first-order chi connectivity index (χ1) is 12.0. The molecule has 0 saturated heterocycles. The maximum atomic E-state index is 11.8. The molecule has 0 fully saturated rings. The topological polar surface area (TPSA) is 90.7 Å². The van der Waals surface area contributed by atoms with Crippen LogP contribution >= 0.6 is 11.6 Å². The molecule has 2 rings (SSSR count). The standard InChI is InChI=1S/C17H17ClN2O5/c1-24-15-7-6-14(20(22)23)10-16(15)25-11-17(21)19-9-8-12-2-4-13(18)5-3-12/h2-7,10H,8-9,11H2,1H3,(H,19,21). The number of amides is 1. The Morgan fingerprint density at radius 1 is 1.20 bits per heavy atom. The van der Waals surface area contributed by atoms with Crippen molar-refractivity contribution >= 4 is 23.2 Å². The van der Waals surface area contributed by atoms with Gasteiger partial charge in [-0.3, -0.25) is 14.9 Å². The zero-order valence-corrected chi connectivity index (χ0v) is 14.3. The molecule has 0 saturated carbocycles. The highest BCUT2D eigenvalue weighted by molar-refractivity contribution is 6.30. The van der Waals surface area contributed by atoms with Gasteiger partial charge in [-0.05, 0) is 30.2 Å². The van der Waals surface area contributed by atoms with E-state index in [9.17, 15) is 14.9 Å². The molecule has 0 aliphatic heterocycles. The van der Waals surface area contributed by atoms with Crippen molar-refractivity contribution in [1.29, 1.82) is 0 Å². The van der Waals surface area contributed by atoms with Crippen molar-refractivity contribution in [3.8, 4) is 11.5 Å². The molecule has 132 valence electrons. The van der Waals surface area contributed by atoms with Gasteiger partial charge in [-0.15, -0.1) is 0 Å². The predicted molar refractivity (Wildman–Crippen MR) is 93.3 cm³/mol. The Morgan fingerprint density at radius 2 is 1.92 bits per heavy atom. The van der Waals surface area contributed by atoms with Crippen LogP contribution in [0.2, 0.25) is 5.02 Å². The number of rotatable bonds is 8. The molecule has 0 radical (unpaired) electrons. The van der Waals surface area contributed by atoms with Crippen LogP contribution < -0.4 is 14.8 Å². The summed E-state index contributed by atoms with van der Waals surface area (Å²) in [5.74, 6) is 0.131. The number of nitro benzene ring substituents is 1. The lowest BCUT2D eigenvalue weighted by atomic mass is 10.1. The Hall–Kier alpha value is -2.80. The molecule has 0 aromatic heterocycles. The van der Waals surface area contributed by atoms with Crippen molar-refractivity contribution in [3.63, 3.8) is 0 Å². The van der Waals surface area contributed by atoms with Crippen molar-refractivity contribution in [2.24, 2.45) is 0 Å². The largest absolute Gasteiger partial charge is 0.493 e. The summed E-state index contributed by atoms with van der Waals surface area (Å²) in [6.45, 7) is 0.175. The molecule has 0 bridgehead atoms. The van der Waals surface area contributed by atoms with Crippen LogP contribution in [0.5, 0.6) is 11.5 Å². The van der Waals surface area contributed by atoms with Crippen molar-refractivity contribution in [3.05, 3.63) is 63.2 Å². The molecule has 0 aliphatic carbocycles. The van der Waals surface area contributed by atoms with Crippen LogP contribution in [-0.4, -0.2) is 31.1 Å². The Labute approximate surface area is 149 Å². The SMILES string of the molecule is COc1ccc([N+](=O)[O-])cc1OCC(=O)NCCc1ccc(Cl)cc1. The Bertz CT molecular complexity index is 749. The second kappa shape index (κ2) is 8.89. The molecule has 0 atom stereocenters. The van der Waals surface area contributed by atoms with Gasteiger partial charge in [0.15, 0.2) is 18.1 Å². The van der Waals surface area contributed by atoms with Gasteiger partial charge in [0.25, 0.3) is 11.6 Å². The molecule has 25 heavy (non-hydrogen) atoms. The summed E-state index contributed by atoms with van der Waals surface area (Å²) >= 11 is 5.81. The van der Waals surface area contributed by atoms with Gasteiger partial charge in [0.1, 0.15) is 0 Å². The zero-order valence-electron chi connectivity index (χ0n) is 13.5. The molecule has 0 spiro atoms. The van der Waals surface area contributed by atoms with E-state index >= 15 is 0 Å². The number of carbonyl (C=O) groups excluding carboxylic acids is 1. The van der Waals surface area contributed by atoms with Crippen LogP contribution in [0.15, 0.2) is 42.5 Å². The van der Waals surface area contributed by atoms with Gasteiger partial charge in [0, 0.05) is 17.6 Å². The molecule has 1 N–H and O–H groups in total. The average molecular weight is 365 g/mol. The highest BCUT2D eigenvalue weighted by Crippen LogP contribution is 2.30. The van der Waals surface area contributed by atoms with Crippen molar-refractivity contribution < 1.29 is 19.2 Å². The maximum Gasteiger partial charge on any atom is 0.273 e.